The molecule has 0 radical (unpaired) electrons. The molecule has 1 saturated heterocycles. The molecule has 3 rings (SSSR count). The summed E-state index contributed by atoms with van der Waals surface area (Å²) in [7, 11) is 0. The molecule has 23 heavy (non-hydrogen) atoms. The van der Waals surface area contributed by atoms with E-state index in [0.717, 1.165) is 25.9 Å². The molecule has 1 aliphatic heterocycles. The van der Waals surface area contributed by atoms with Crippen molar-refractivity contribution in [1.82, 2.24) is 10.3 Å². The van der Waals surface area contributed by atoms with Crippen molar-refractivity contribution in [3.05, 3.63) is 23.9 Å². The highest BCUT2D eigenvalue weighted by Gasteiger charge is 2.25. The quantitative estimate of drug-likeness (QED) is 0.853. The number of morpholine rings is 1. The highest BCUT2D eigenvalue weighted by molar-refractivity contribution is 5.98. The molecule has 1 atom stereocenters. The summed E-state index contributed by atoms with van der Waals surface area (Å²) in [5.41, 5.74) is 0.563. The van der Waals surface area contributed by atoms with Crippen LogP contribution in [0.4, 0.5) is 5.82 Å². The molecular formula is C17H25N3O3. The monoisotopic (exact) mass is 319 g/mol. The Morgan fingerprint density at radius 2 is 2.13 bits per heavy atom. The number of carbonyl (C=O) groups excluding carboxylic acids is 1. The van der Waals surface area contributed by atoms with Crippen molar-refractivity contribution in [2.75, 3.05) is 37.7 Å². The van der Waals surface area contributed by atoms with Gasteiger partial charge in [0.25, 0.3) is 5.91 Å². The first kappa shape index (κ1) is 16.2. The van der Waals surface area contributed by atoms with E-state index in [1.165, 1.54) is 12.8 Å². The molecular weight excluding hydrogens is 294 g/mol. The van der Waals surface area contributed by atoms with Gasteiger partial charge in [-0.15, -0.1) is 0 Å². The van der Waals surface area contributed by atoms with Crippen LogP contribution in [0, 0.1) is 5.92 Å². The van der Waals surface area contributed by atoms with Crippen LogP contribution in [-0.4, -0.2) is 54.9 Å². The van der Waals surface area contributed by atoms with Crippen LogP contribution in [0.2, 0.25) is 0 Å². The molecule has 0 aromatic carbocycles. The van der Waals surface area contributed by atoms with Gasteiger partial charge in [-0.3, -0.25) is 4.79 Å². The van der Waals surface area contributed by atoms with Gasteiger partial charge < -0.3 is 20.1 Å². The summed E-state index contributed by atoms with van der Waals surface area (Å²) in [6, 6.07) is 3.56. The van der Waals surface area contributed by atoms with E-state index in [1.54, 1.807) is 18.3 Å². The maximum absolute atomic E-state index is 12.5. The third-order valence-corrected chi connectivity index (χ3v) is 4.76. The Morgan fingerprint density at radius 1 is 1.39 bits per heavy atom. The van der Waals surface area contributed by atoms with Crippen LogP contribution < -0.4 is 10.2 Å². The maximum atomic E-state index is 12.5. The second-order valence-corrected chi connectivity index (χ2v) is 6.30. The molecule has 1 aliphatic carbocycles. The number of nitrogens with zero attached hydrogens (tertiary/aromatic N) is 2. The number of hydrogen-bond acceptors (Lipinski definition) is 5. The van der Waals surface area contributed by atoms with Crippen molar-refractivity contribution in [2.24, 2.45) is 5.92 Å². The van der Waals surface area contributed by atoms with Gasteiger partial charge in [-0.05, 0) is 30.9 Å². The summed E-state index contributed by atoms with van der Waals surface area (Å²) >= 11 is 0. The molecule has 0 spiro atoms. The molecule has 1 unspecified atom stereocenters. The van der Waals surface area contributed by atoms with Crippen LogP contribution in [0.5, 0.6) is 0 Å². The van der Waals surface area contributed by atoms with Gasteiger partial charge in [0.05, 0.1) is 24.9 Å². The molecule has 1 saturated carbocycles. The summed E-state index contributed by atoms with van der Waals surface area (Å²) < 4.78 is 5.35. The summed E-state index contributed by atoms with van der Waals surface area (Å²) in [5.74, 6) is 0.850. The minimum atomic E-state index is -0.454. The van der Waals surface area contributed by atoms with Crippen molar-refractivity contribution < 1.29 is 14.6 Å². The molecule has 2 heterocycles. The molecule has 1 aromatic heterocycles. The summed E-state index contributed by atoms with van der Waals surface area (Å²) in [4.78, 5) is 19.0. The van der Waals surface area contributed by atoms with Crippen LogP contribution in [-0.2, 0) is 4.74 Å². The van der Waals surface area contributed by atoms with E-state index >= 15 is 0 Å². The zero-order valence-electron chi connectivity index (χ0n) is 13.4. The normalized spacial score (nSPS) is 20.5. The van der Waals surface area contributed by atoms with Gasteiger partial charge in [-0.1, -0.05) is 12.8 Å². The number of aliphatic hydroxyl groups is 1. The number of pyridine rings is 1. The Kier molecular flexibility index (Phi) is 5.46. The number of aromatic nitrogens is 1. The zero-order chi connectivity index (χ0) is 16.1. The minimum absolute atomic E-state index is 0.170. The standard InChI is InChI=1S/C17H25N3O3/c21-15(13-4-1-2-5-13)12-19-17(22)14-6-3-7-18-16(14)20-8-10-23-11-9-20/h3,6-7,13,15,21H,1-2,4-5,8-12H2,(H,19,22). The number of anilines is 1. The van der Waals surface area contributed by atoms with Crippen molar-refractivity contribution in [1.29, 1.82) is 0 Å². The van der Waals surface area contributed by atoms with Gasteiger partial charge in [0.15, 0.2) is 0 Å². The topological polar surface area (TPSA) is 74.7 Å². The lowest BCUT2D eigenvalue weighted by Crippen LogP contribution is -2.40. The molecule has 2 N–H and O–H groups in total. The smallest absolute Gasteiger partial charge is 0.255 e. The van der Waals surface area contributed by atoms with Gasteiger partial charge in [-0.25, -0.2) is 4.98 Å². The molecule has 1 amide bonds. The highest BCUT2D eigenvalue weighted by Crippen LogP contribution is 2.27. The molecule has 2 aliphatic rings. The van der Waals surface area contributed by atoms with Gasteiger partial charge in [0, 0.05) is 25.8 Å². The fourth-order valence-corrected chi connectivity index (χ4v) is 3.40. The molecule has 0 bridgehead atoms. The van der Waals surface area contributed by atoms with E-state index in [9.17, 15) is 9.90 Å². The average molecular weight is 319 g/mol. The van der Waals surface area contributed by atoms with Gasteiger partial charge in [0.2, 0.25) is 0 Å². The van der Waals surface area contributed by atoms with Crippen molar-refractivity contribution >= 4 is 11.7 Å². The van der Waals surface area contributed by atoms with Crippen molar-refractivity contribution in [3.63, 3.8) is 0 Å². The van der Waals surface area contributed by atoms with Crippen LogP contribution >= 0.6 is 0 Å². The second-order valence-electron chi connectivity index (χ2n) is 6.30. The maximum Gasteiger partial charge on any atom is 0.255 e. The number of nitrogens with one attached hydrogen (secondary N) is 1. The fourth-order valence-electron chi connectivity index (χ4n) is 3.40. The number of hydrogen-bond donors (Lipinski definition) is 2. The van der Waals surface area contributed by atoms with E-state index in [1.807, 2.05) is 0 Å². The first-order valence-corrected chi connectivity index (χ1v) is 8.49. The lowest BCUT2D eigenvalue weighted by atomic mass is 10.0. The van der Waals surface area contributed by atoms with Crippen LogP contribution in [0.1, 0.15) is 36.0 Å². The number of carbonyl (C=O) groups is 1. The summed E-state index contributed by atoms with van der Waals surface area (Å²) in [5, 5.41) is 13.1. The highest BCUT2D eigenvalue weighted by atomic mass is 16.5. The van der Waals surface area contributed by atoms with E-state index in [-0.39, 0.29) is 5.91 Å². The SMILES string of the molecule is O=C(NCC(O)C1CCCC1)c1cccnc1N1CCOCC1. The minimum Gasteiger partial charge on any atom is -0.391 e. The number of ether oxygens (including phenoxy) is 1. The number of rotatable bonds is 5. The fraction of sp³-hybridized carbons (Fsp3) is 0.647. The predicted octanol–water partition coefficient (Wildman–Crippen LogP) is 1.20. The van der Waals surface area contributed by atoms with E-state index in [4.69, 9.17) is 4.74 Å². The third kappa shape index (κ3) is 4.00. The average Bonchev–Trinajstić information content (AvgIpc) is 3.15. The van der Waals surface area contributed by atoms with E-state index < -0.39 is 6.10 Å². The third-order valence-electron chi connectivity index (χ3n) is 4.76. The van der Waals surface area contributed by atoms with Crippen molar-refractivity contribution in [3.8, 4) is 0 Å². The Balaban J connectivity index is 1.62. The lowest BCUT2D eigenvalue weighted by Gasteiger charge is -2.29. The van der Waals surface area contributed by atoms with Gasteiger partial charge in [0.1, 0.15) is 5.82 Å². The molecule has 1 aromatic rings. The Labute approximate surface area is 136 Å². The summed E-state index contributed by atoms with van der Waals surface area (Å²) in [6.07, 6.45) is 5.73. The Bertz CT molecular complexity index is 526. The van der Waals surface area contributed by atoms with Crippen molar-refractivity contribution in [2.45, 2.75) is 31.8 Å². The Hall–Kier alpha value is -1.66. The molecule has 126 valence electrons. The molecule has 2 fully saturated rings. The number of aliphatic hydroxyl groups excluding tert-OH is 1. The second kappa shape index (κ2) is 7.75. The zero-order valence-corrected chi connectivity index (χ0v) is 13.4. The van der Waals surface area contributed by atoms with Gasteiger partial charge in [-0.2, -0.15) is 0 Å². The molecule has 6 heteroatoms. The predicted molar refractivity (Wildman–Crippen MR) is 87.6 cm³/mol. The van der Waals surface area contributed by atoms with Gasteiger partial charge >= 0.3 is 0 Å². The van der Waals surface area contributed by atoms with Crippen LogP contribution in [0.3, 0.4) is 0 Å². The van der Waals surface area contributed by atoms with E-state index in [0.29, 0.717) is 37.1 Å². The first-order valence-electron chi connectivity index (χ1n) is 8.49. The summed E-state index contributed by atoms with van der Waals surface area (Å²) in [6.45, 7) is 3.08. The molecule has 6 nitrogen and oxygen atoms in total. The van der Waals surface area contributed by atoms with Crippen LogP contribution in [0.15, 0.2) is 18.3 Å². The van der Waals surface area contributed by atoms with E-state index in [2.05, 4.69) is 15.2 Å². The Morgan fingerprint density at radius 3 is 2.87 bits per heavy atom. The first-order chi connectivity index (χ1) is 11.3. The number of amides is 1. The largest absolute Gasteiger partial charge is 0.391 e. The van der Waals surface area contributed by atoms with Crippen LogP contribution in [0.25, 0.3) is 0 Å². The lowest BCUT2D eigenvalue weighted by molar-refractivity contribution is 0.0839.